The van der Waals surface area contributed by atoms with Crippen LogP contribution in [-0.4, -0.2) is 34.8 Å². The van der Waals surface area contributed by atoms with Crippen molar-refractivity contribution in [2.24, 2.45) is 5.92 Å². The Bertz CT molecular complexity index is 1120. The van der Waals surface area contributed by atoms with E-state index in [0.29, 0.717) is 25.3 Å². The van der Waals surface area contributed by atoms with Crippen molar-refractivity contribution < 1.29 is 14.0 Å². The van der Waals surface area contributed by atoms with Crippen molar-refractivity contribution in [2.75, 3.05) is 18.4 Å². The van der Waals surface area contributed by atoms with Crippen LogP contribution in [0.4, 0.5) is 14.9 Å². The lowest BCUT2D eigenvalue weighted by Crippen LogP contribution is -2.45. The number of hydrogen-bond donors (Lipinski definition) is 1. The topological polar surface area (TPSA) is 52.7 Å². The minimum Gasteiger partial charge on any atom is -0.332 e. The standard InChI is InChI=1S/C26H29BrFN3O2S/c1-18(2)14-31(26(33)29-23-7-5-4-6-22(23)27)17-25(32)30(16-24-19(3)12-13-34-24)15-20-8-10-21(28)11-9-20/h4-13,18H,14-17H2,1-3H3,(H,29,33). The molecule has 2 aromatic carbocycles. The number of thiophene rings is 1. The van der Waals surface area contributed by atoms with Gasteiger partial charge in [0.05, 0.1) is 12.2 Å². The van der Waals surface area contributed by atoms with Gasteiger partial charge in [-0.2, -0.15) is 0 Å². The van der Waals surface area contributed by atoms with Crippen molar-refractivity contribution in [3.05, 3.63) is 86.3 Å². The van der Waals surface area contributed by atoms with Crippen molar-refractivity contribution >= 4 is 44.9 Å². The molecular formula is C26H29BrFN3O2S. The fourth-order valence-electron chi connectivity index (χ4n) is 3.46. The molecule has 3 amide bonds. The molecule has 3 rings (SSSR count). The van der Waals surface area contributed by atoms with E-state index in [0.717, 1.165) is 20.5 Å². The van der Waals surface area contributed by atoms with E-state index in [2.05, 4.69) is 21.2 Å². The first-order valence-electron chi connectivity index (χ1n) is 11.1. The summed E-state index contributed by atoms with van der Waals surface area (Å²) in [6, 6.07) is 15.2. The van der Waals surface area contributed by atoms with Gasteiger partial charge in [-0.15, -0.1) is 11.3 Å². The number of halogens is 2. The Labute approximate surface area is 212 Å². The molecule has 0 atom stereocenters. The number of para-hydroxylation sites is 1. The molecule has 34 heavy (non-hydrogen) atoms. The highest BCUT2D eigenvalue weighted by atomic mass is 79.9. The minimum absolute atomic E-state index is 0.0555. The first-order valence-corrected chi connectivity index (χ1v) is 12.8. The molecule has 1 aromatic heterocycles. The molecule has 180 valence electrons. The van der Waals surface area contributed by atoms with Crippen molar-refractivity contribution in [2.45, 2.75) is 33.9 Å². The van der Waals surface area contributed by atoms with Crippen LogP contribution in [0.5, 0.6) is 0 Å². The van der Waals surface area contributed by atoms with Gasteiger partial charge in [0.15, 0.2) is 0 Å². The zero-order valence-corrected chi connectivity index (χ0v) is 22.0. The van der Waals surface area contributed by atoms with Crippen LogP contribution < -0.4 is 5.32 Å². The fourth-order valence-corrected chi connectivity index (χ4v) is 4.77. The first kappa shape index (κ1) is 25.9. The van der Waals surface area contributed by atoms with Gasteiger partial charge in [0.25, 0.3) is 0 Å². The molecule has 0 spiro atoms. The average molecular weight is 547 g/mol. The maximum Gasteiger partial charge on any atom is 0.322 e. The molecule has 1 heterocycles. The Morgan fingerprint density at radius 1 is 1.03 bits per heavy atom. The molecule has 0 saturated heterocycles. The number of anilines is 1. The third kappa shape index (κ3) is 7.40. The number of nitrogens with one attached hydrogen (secondary N) is 1. The molecular weight excluding hydrogens is 517 g/mol. The fraction of sp³-hybridized carbons (Fsp3) is 0.308. The maximum absolute atomic E-state index is 13.5. The molecule has 5 nitrogen and oxygen atoms in total. The van der Waals surface area contributed by atoms with Crippen LogP contribution >= 0.6 is 27.3 Å². The first-order chi connectivity index (χ1) is 16.2. The van der Waals surface area contributed by atoms with E-state index >= 15 is 0 Å². The summed E-state index contributed by atoms with van der Waals surface area (Å²) >= 11 is 5.04. The number of carbonyl (C=O) groups excluding carboxylic acids is 2. The minimum atomic E-state index is -0.331. The summed E-state index contributed by atoms with van der Waals surface area (Å²) in [5.74, 6) is -0.300. The summed E-state index contributed by atoms with van der Waals surface area (Å²) in [6.07, 6.45) is 0. The van der Waals surface area contributed by atoms with E-state index in [4.69, 9.17) is 0 Å². The van der Waals surface area contributed by atoms with Gasteiger partial charge >= 0.3 is 6.03 Å². The number of hydrogen-bond acceptors (Lipinski definition) is 3. The normalized spacial score (nSPS) is 10.9. The molecule has 0 aliphatic heterocycles. The van der Waals surface area contributed by atoms with Gasteiger partial charge in [-0.1, -0.05) is 38.1 Å². The number of amides is 3. The van der Waals surface area contributed by atoms with Gasteiger partial charge in [0, 0.05) is 22.4 Å². The van der Waals surface area contributed by atoms with E-state index in [1.54, 1.807) is 39.3 Å². The van der Waals surface area contributed by atoms with E-state index < -0.39 is 0 Å². The molecule has 0 saturated carbocycles. The van der Waals surface area contributed by atoms with Crippen LogP contribution in [0.3, 0.4) is 0 Å². The van der Waals surface area contributed by atoms with Crippen molar-refractivity contribution in [3.63, 3.8) is 0 Å². The predicted molar refractivity (Wildman–Crippen MR) is 139 cm³/mol. The molecule has 8 heteroatoms. The van der Waals surface area contributed by atoms with Gasteiger partial charge in [0.1, 0.15) is 12.4 Å². The molecule has 1 N–H and O–H groups in total. The molecule has 0 radical (unpaired) electrons. The largest absolute Gasteiger partial charge is 0.332 e. The maximum atomic E-state index is 13.5. The van der Waals surface area contributed by atoms with E-state index in [1.165, 1.54) is 12.1 Å². The Morgan fingerprint density at radius 3 is 2.35 bits per heavy atom. The zero-order chi connectivity index (χ0) is 24.7. The molecule has 0 aliphatic rings. The van der Waals surface area contributed by atoms with Crippen molar-refractivity contribution in [3.8, 4) is 0 Å². The lowest BCUT2D eigenvalue weighted by Gasteiger charge is -2.29. The summed E-state index contributed by atoms with van der Waals surface area (Å²) in [4.78, 5) is 31.0. The molecule has 0 unspecified atom stereocenters. The Balaban J connectivity index is 1.79. The number of urea groups is 1. The van der Waals surface area contributed by atoms with Gasteiger partial charge in [-0.05, 0) is 75.6 Å². The average Bonchev–Trinajstić information content (AvgIpc) is 3.19. The number of benzene rings is 2. The zero-order valence-electron chi connectivity index (χ0n) is 19.6. The van der Waals surface area contributed by atoms with Crippen LogP contribution in [0.15, 0.2) is 64.5 Å². The Hall–Kier alpha value is -2.71. The number of aryl methyl sites for hydroxylation is 1. The quantitative estimate of drug-likeness (QED) is 0.326. The van der Waals surface area contributed by atoms with Crippen LogP contribution in [-0.2, 0) is 17.9 Å². The Morgan fingerprint density at radius 2 is 1.74 bits per heavy atom. The summed E-state index contributed by atoms with van der Waals surface area (Å²) in [6.45, 7) is 7.18. The smallest absolute Gasteiger partial charge is 0.322 e. The highest BCUT2D eigenvalue weighted by Gasteiger charge is 2.24. The van der Waals surface area contributed by atoms with Crippen LogP contribution in [0.2, 0.25) is 0 Å². The van der Waals surface area contributed by atoms with Gasteiger partial charge in [0.2, 0.25) is 5.91 Å². The highest BCUT2D eigenvalue weighted by Crippen LogP contribution is 2.23. The lowest BCUT2D eigenvalue weighted by atomic mass is 10.2. The summed E-state index contributed by atoms with van der Waals surface area (Å²) in [5.41, 5.74) is 2.59. The Kier molecular flexibility index (Phi) is 9.24. The van der Waals surface area contributed by atoms with Gasteiger partial charge in [-0.25, -0.2) is 9.18 Å². The summed E-state index contributed by atoms with van der Waals surface area (Å²) in [5, 5.41) is 4.90. The number of rotatable bonds is 9. The van der Waals surface area contributed by atoms with E-state index in [-0.39, 0.29) is 30.2 Å². The van der Waals surface area contributed by atoms with E-state index in [9.17, 15) is 14.0 Å². The summed E-state index contributed by atoms with van der Waals surface area (Å²) in [7, 11) is 0. The van der Waals surface area contributed by atoms with Crippen LogP contribution in [0.1, 0.15) is 29.9 Å². The molecule has 0 bridgehead atoms. The molecule has 0 fully saturated rings. The van der Waals surface area contributed by atoms with E-state index in [1.807, 2.05) is 50.4 Å². The lowest BCUT2D eigenvalue weighted by molar-refractivity contribution is -0.133. The van der Waals surface area contributed by atoms with Crippen molar-refractivity contribution in [1.29, 1.82) is 0 Å². The van der Waals surface area contributed by atoms with Crippen molar-refractivity contribution in [1.82, 2.24) is 9.80 Å². The SMILES string of the molecule is Cc1ccsc1CN(Cc1ccc(F)cc1)C(=O)CN(CC(C)C)C(=O)Nc1ccccc1Br. The molecule has 0 aliphatic carbocycles. The number of carbonyl (C=O) groups is 2. The number of nitrogens with zero attached hydrogens (tertiary/aromatic N) is 2. The second-order valence-corrected chi connectivity index (χ2v) is 10.4. The monoisotopic (exact) mass is 545 g/mol. The second-order valence-electron chi connectivity index (χ2n) is 8.59. The third-order valence-corrected chi connectivity index (χ3v) is 6.96. The predicted octanol–water partition coefficient (Wildman–Crippen LogP) is 6.68. The third-order valence-electron chi connectivity index (χ3n) is 5.26. The highest BCUT2D eigenvalue weighted by molar-refractivity contribution is 9.10. The molecule has 3 aromatic rings. The van der Waals surface area contributed by atoms with Crippen LogP contribution in [0.25, 0.3) is 0 Å². The second kappa shape index (κ2) is 12.1. The van der Waals surface area contributed by atoms with Gasteiger partial charge < -0.3 is 15.1 Å². The summed E-state index contributed by atoms with van der Waals surface area (Å²) < 4.78 is 14.2. The van der Waals surface area contributed by atoms with Crippen LogP contribution in [0, 0.1) is 18.7 Å². The van der Waals surface area contributed by atoms with Gasteiger partial charge in [-0.3, -0.25) is 4.79 Å².